The SMILES string of the molecule is Cc1ccccc1NC(=O)Cc1nc(COC(=O)CCc2ncc(-c3ccccc3)o2)cs1. The lowest BCUT2D eigenvalue weighted by Gasteiger charge is -2.06. The number of esters is 1. The lowest BCUT2D eigenvalue weighted by atomic mass is 10.2. The Bertz CT molecular complexity index is 1230. The van der Waals surface area contributed by atoms with Gasteiger partial charge < -0.3 is 14.5 Å². The quantitative estimate of drug-likeness (QED) is 0.354. The fourth-order valence-corrected chi connectivity index (χ4v) is 3.92. The van der Waals surface area contributed by atoms with Gasteiger partial charge in [0.25, 0.3) is 0 Å². The summed E-state index contributed by atoms with van der Waals surface area (Å²) in [5, 5.41) is 5.35. The van der Waals surface area contributed by atoms with Gasteiger partial charge in [0.1, 0.15) is 11.6 Å². The summed E-state index contributed by atoms with van der Waals surface area (Å²) >= 11 is 1.37. The standard InChI is InChI=1S/C25H23N3O4S/c1-17-7-5-6-10-20(17)28-22(29)13-24-27-19(16-33-24)15-31-25(30)12-11-23-26-14-21(32-23)18-8-3-2-4-9-18/h2-10,14,16H,11-13,15H2,1H3,(H,28,29). The number of para-hydroxylation sites is 1. The van der Waals surface area contributed by atoms with E-state index in [1.54, 1.807) is 11.6 Å². The predicted molar refractivity (Wildman–Crippen MR) is 126 cm³/mol. The third-order valence-electron chi connectivity index (χ3n) is 4.87. The number of nitrogens with one attached hydrogen (secondary N) is 1. The highest BCUT2D eigenvalue weighted by Crippen LogP contribution is 2.20. The van der Waals surface area contributed by atoms with E-state index in [0.717, 1.165) is 16.8 Å². The number of carbonyl (C=O) groups excluding carboxylic acids is 2. The van der Waals surface area contributed by atoms with E-state index >= 15 is 0 Å². The summed E-state index contributed by atoms with van der Waals surface area (Å²) in [4.78, 5) is 33.0. The molecule has 1 N–H and O–H groups in total. The molecule has 168 valence electrons. The van der Waals surface area contributed by atoms with Crippen molar-refractivity contribution in [3.8, 4) is 11.3 Å². The lowest BCUT2D eigenvalue weighted by molar-refractivity contribution is -0.145. The van der Waals surface area contributed by atoms with Crippen LogP contribution in [0.1, 0.15) is 28.6 Å². The first-order chi connectivity index (χ1) is 16.1. The van der Waals surface area contributed by atoms with Crippen LogP contribution in [0.4, 0.5) is 5.69 Å². The number of oxazole rings is 1. The largest absolute Gasteiger partial charge is 0.459 e. The number of hydrogen-bond donors (Lipinski definition) is 1. The Kier molecular flexibility index (Phi) is 7.26. The summed E-state index contributed by atoms with van der Waals surface area (Å²) in [6.07, 6.45) is 2.33. The smallest absolute Gasteiger partial charge is 0.306 e. The van der Waals surface area contributed by atoms with Gasteiger partial charge >= 0.3 is 5.97 Å². The maximum Gasteiger partial charge on any atom is 0.306 e. The molecule has 0 fully saturated rings. The average Bonchev–Trinajstić information content (AvgIpc) is 3.48. The molecule has 33 heavy (non-hydrogen) atoms. The minimum atomic E-state index is -0.360. The van der Waals surface area contributed by atoms with E-state index in [0.29, 0.717) is 28.8 Å². The highest BCUT2D eigenvalue weighted by molar-refractivity contribution is 7.09. The van der Waals surface area contributed by atoms with Gasteiger partial charge in [0.05, 0.1) is 24.7 Å². The van der Waals surface area contributed by atoms with E-state index in [9.17, 15) is 9.59 Å². The number of amides is 1. The molecule has 0 aliphatic heterocycles. The number of thiazole rings is 1. The van der Waals surface area contributed by atoms with E-state index in [2.05, 4.69) is 15.3 Å². The molecule has 2 aromatic carbocycles. The first-order valence-corrected chi connectivity index (χ1v) is 11.4. The maximum atomic E-state index is 12.3. The van der Waals surface area contributed by atoms with E-state index in [-0.39, 0.29) is 31.3 Å². The second-order valence-corrected chi connectivity index (χ2v) is 8.36. The summed E-state index contributed by atoms with van der Waals surface area (Å²) in [5.74, 6) is 0.658. The summed E-state index contributed by atoms with van der Waals surface area (Å²) in [5.41, 5.74) is 3.34. The first kappa shape index (κ1) is 22.4. The molecule has 0 aliphatic rings. The van der Waals surface area contributed by atoms with Gasteiger partial charge in [-0.3, -0.25) is 9.59 Å². The summed E-state index contributed by atoms with van der Waals surface area (Å²) in [7, 11) is 0. The lowest BCUT2D eigenvalue weighted by Crippen LogP contribution is -2.15. The maximum absolute atomic E-state index is 12.3. The van der Waals surface area contributed by atoms with Crippen LogP contribution in [-0.4, -0.2) is 21.8 Å². The second-order valence-electron chi connectivity index (χ2n) is 7.42. The fraction of sp³-hybridized carbons (Fsp3) is 0.200. The van der Waals surface area contributed by atoms with Crippen LogP contribution < -0.4 is 5.32 Å². The number of rotatable bonds is 9. The van der Waals surface area contributed by atoms with Crippen molar-refractivity contribution in [2.75, 3.05) is 5.32 Å². The fourth-order valence-electron chi connectivity index (χ4n) is 3.14. The third kappa shape index (κ3) is 6.36. The third-order valence-corrected chi connectivity index (χ3v) is 5.76. The molecule has 0 aliphatic carbocycles. The molecular weight excluding hydrogens is 438 g/mol. The van der Waals surface area contributed by atoms with Gasteiger partial charge in [-0.25, -0.2) is 9.97 Å². The summed E-state index contributed by atoms with van der Waals surface area (Å²) in [6, 6.07) is 17.3. The van der Waals surface area contributed by atoms with Gasteiger partial charge in [0.2, 0.25) is 5.91 Å². The van der Waals surface area contributed by atoms with Crippen LogP contribution in [-0.2, 0) is 33.8 Å². The number of nitrogens with zero attached hydrogens (tertiary/aromatic N) is 2. The number of carbonyl (C=O) groups is 2. The van der Waals surface area contributed by atoms with Crippen molar-refractivity contribution in [1.29, 1.82) is 0 Å². The van der Waals surface area contributed by atoms with Crippen molar-refractivity contribution in [2.24, 2.45) is 0 Å². The van der Waals surface area contributed by atoms with Crippen molar-refractivity contribution in [2.45, 2.75) is 32.8 Å². The van der Waals surface area contributed by atoms with Crippen LogP contribution in [0.25, 0.3) is 11.3 Å². The molecule has 0 unspecified atom stereocenters. The van der Waals surface area contributed by atoms with Crippen molar-refractivity contribution in [3.05, 3.63) is 88.3 Å². The molecule has 7 nitrogen and oxygen atoms in total. The van der Waals surface area contributed by atoms with E-state index in [1.165, 1.54) is 11.3 Å². The Morgan fingerprint density at radius 3 is 2.70 bits per heavy atom. The van der Waals surface area contributed by atoms with Crippen LogP contribution in [0, 0.1) is 6.92 Å². The van der Waals surface area contributed by atoms with Gasteiger partial charge in [-0.1, -0.05) is 48.5 Å². The Balaban J connectivity index is 1.21. The summed E-state index contributed by atoms with van der Waals surface area (Å²) in [6.45, 7) is 2.01. The second kappa shape index (κ2) is 10.7. The number of ether oxygens (including phenoxy) is 1. The van der Waals surface area contributed by atoms with Gasteiger partial charge in [0, 0.05) is 23.1 Å². The number of aromatic nitrogens is 2. The molecule has 0 bridgehead atoms. The molecule has 0 saturated carbocycles. The minimum Gasteiger partial charge on any atom is -0.459 e. The molecule has 1 amide bonds. The highest BCUT2D eigenvalue weighted by atomic mass is 32.1. The molecule has 2 heterocycles. The van der Waals surface area contributed by atoms with Crippen LogP contribution >= 0.6 is 11.3 Å². The van der Waals surface area contributed by atoms with Crippen molar-refractivity contribution in [1.82, 2.24) is 9.97 Å². The van der Waals surface area contributed by atoms with Gasteiger partial charge in [-0.15, -0.1) is 11.3 Å². The number of anilines is 1. The van der Waals surface area contributed by atoms with Crippen LogP contribution in [0.15, 0.2) is 70.6 Å². The van der Waals surface area contributed by atoms with Crippen LogP contribution in [0.3, 0.4) is 0 Å². The van der Waals surface area contributed by atoms with E-state index < -0.39 is 0 Å². The molecule has 0 spiro atoms. The average molecular weight is 462 g/mol. The molecule has 2 aromatic heterocycles. The zero-order valence-corrected chi connectivity index (χ0v) is 18.9. The zero-order chi connectivity index (χ0) is 23.0. The molecule has 0 radical (unpaired) electrons. The molecule has 4 aromatic rings. The monoisotopic (exact) mass is 461 g/mol. The first-order valence-electron chi connectivity index (χ1n) is 10.5. The van der Waals surface area contributed by atoms with Gasteiger partial charge in [0.15, 0.2) is 11.7 Å². The Hall–Kier alpha value is -3.78. The van der Waals surface area contributed by atoms with E-state index in [4.69, 9.17) is 9.15 Å². The molecule has 0 atom stereocenters. The summed E-state index contributed by atoms with van der Waals surface area (Å²) < 4.78 is 11.0. The minimum absolute atomic E-state index is 0.0651. The molecule has 8 heteroatoms. The Morgan fingerprint density at radius 1 is 1.09 bits per heavy atom. The number of aryl methyl sites for hydroxylation is 2. The molecule has 0 saturated heterocycles. The van der Waals surface area contributed by atoms with Crippen LogP contribution in [0.2, 0.25) is 0 Å². The van der Waals surface area contributed by atoms with Crippen LogP contribution in [0.5, 0.6) is 0 Å². The Morgan fingerprint density at radius 2 is 1.88 bits per heavy atom. The van der Waals surface area contributed by atoms with Gasteiger partial charge in [-0.2, -0.15) is 0 Å². The van der Waals surface area contributed by atoms with Gasteiger partial charge in [-0.05, 0) is 18.6 Å². The van der Waals surface area contributed by atoms with Crippen molar-refractivity contribution < 1.29 is 18.7 Å². The zero-order valence-electron chi connectivity index (χ0n) is 18.1. The molecule has 4 rings (SSSR count). The number of hydrogen-bond acceptors (Lipinski definition) is 7. The molecular formula is C25H23N3O4S. The van der Waals surface area contributed by atoms with E-state index in [1.807, 2.05) is 61.5 Å². The van der Waals surface area contributed by atoms with Crippen molar-refractivity contribution >= 4 is 28.9 Å². The topological polar surface area (TPSA) is 94.3 Å². The predicted octanol–water partition coefficient (Wildman–Crippen LogP) is 4.96. The Labute approximate surface area is 195 Å². The number of benzene rings is 2. The van der Waals surface area contributed by atoms with Crippen molar-refractivity contribution in [3.63, 3.8) is 0 Å². The highest BCUT2D eigenvalue weighted by Gasteiger charge is 2.12. The normalized spacial score (nSPS) is 10.7.